The highest BCUT2D eigenvalue weighted by Gasteiger charge is 1.93. The van der Waals surface area contributed by atoms with Crippen LogP contribution in [0.5, 0.6) is 0 Å². The Morgan fingerprint density at radius 1 is 1.62 bits per heavy atom. The van der Waals surface area contributed by atoms with E-state index >= 15 is 0 Å². The van der Waals surface area contributed by atoms with Gasteiger partial charge in [-0.25, -0.2) is 4.98 Å². The van der Waals surface area contributed by atoms with Crippen LogP contribution in [0.4, 0.5) is 0 Å². The first kappa shape index (κ1) is 12.1. The van der Waals surface area contributed by atoms with Crippen LogP contribution in [0.3, 0.4) is 0 Å². The van der Waals surface area contributed by atoms with E-state index < -0.39 is 10.1 Å². The van der Waals surface area contributed by atoms with E-state index in [1.807, 2.05) is 0 Å². The van der Waals surface area contributed by atoms with Crippen LogP contribution in [0.2, 0.25) is 0 Å². The highest BCUT2D eigenvalue weighted by Crippen LogP contribution is 1.97. The van der Waals surface area contributed by atoms with Crippen LogP contribution in [-0.2, 0) is 16.7 Å². The summed E-state index contributed by atoms with van der Waals surface area (Å²) in [4.78, 5) is 3.81. The van der Waals surface area contributed by atoms with Gasteiger partial charge in [0, 0.05) is 6.92 Å². The summed E-state index contributed by atoms with van der Waals surface area (Å²) >= 11 is 0. The zero-order valence-corrected chi connectivity index (χ0v) is 8.08. The molecule has 0 saturated heterocycles. The number of nitrogens with zero attached hydrogens (tertiary/aromatic N) is 1. The average Bonchev–Trinajstić information content (AvgIpc) is 2.31. The molecule has 0 aliphatic carbocycles. The maximum atomic E-state index is 9.19. The molecule has 0 unspecified atom stereocenters. The van der Waals surface area contributed by atoms with Gasteiger partial charge in [-0.2, -0.15) is 8.42 Å². The minimum Gasteiger partial charge on any atom is -0.449 e. The first-order valence-electron chi connectivity index (χ1n) is 3.27. The van der Waals surface area contributed by atoms with Crippen molar-refractivity contribution in [2.24, 2.45) is 0 Å². The third-order valence-corrected chi connectivity index (χ3v) is 0.829. The normalized spacial score (nSPS) is 10.5. The molecule has 1 rings (SSSR count). The van der Waals surface area contributed by atoms with E-state index in [9.17, 15) is 8.42 Å². The highest BCUT2D eigenvalue weighted by atomic mass is 32.2. The van der Waals surface area contributed by atoms with E-state index in [-0.39, 0.29) is 6.61 Å². The number of aromatic nitrogens is 1. The third kappa shape index (κ3) is 8.99. The van der Waals surface area contributed by atoms with Crippen LogP contribution in [-0.4, -0.2) is 29.3 Å². The molecule has 0 bridgehead atoms. The van der Waals surface area contributed by atoms with Gasteiger partial charge in [0.2, 0.25) is 0 Å². The average molecular weight is 209 g/mol. The summed E-state index contributed by atoms with van der Waals surface area (Å²) in [5.74, 6) is 0.592. The van der Waals surface area contributed by atoms with Crippen LogP contribution in [0.25, 0.3) is 0 Å². The first-order chi connectivity index (χ1) is 5.83. The molecular formula is C6H11NO5S. The second-order valence-electron chi connectivity index (χ2n) is 2.25. The smallest absolute Gasteiger partial charge is 0.261 e. The SMILES string of the molecule is CS(=O)(=O)O.Cc1nc(CO)co1. The fraction of sp³-hybridized carbons (Fsp3) is 0.500. The summed E-state index contributed by atoms with van der Waals surface area (Å²) in [7, 11) is -3.67. The minimum atomic E-state index is -3.67. The van der Waals surface area contributed by atoms with Gasteiger partial charge in [0.05, 0.1) is 12.9 Å². The number of aliphatic hydroxyl groups excluding tert-OH is 1. The molecule has 0 aliphatic rings. The van der Waals surface area contributed by atoms with Crippen LogP contribution < -0.4 is 0 Å². The number of hydrogen-bond acceptors (Lipinski definition) is 5. The quantitative estimate of drug-likeness (QED) is 0.630. The lowest BCUT2D eigenvalue weighted by Crippen LogP contribution is -1.88. The molecule has 76 valence electrons. The van der Waals surface area contributed by atoms with Gasteiger partial charge < -0.3 is 9.52 Å². The van der Waals surface area contributed by atoms with Crippen molar-refractivity contribution in [2.45, 2.75) is 13.5 Å². The van der Waals surface area contributed by atoms with Crippen molar-refractivity contribution in [3.63, 3.8) is 0 Å². The number of aliphatic hydroxyl groups is 1. The second-order valence-corrected chi connectivity index (χ2v) is 3.72. The topological polar surface area (TPSA) is 101 Å². The van der Waals surface area contributed by atoms with Gasteiger partial charge in [-0.15, -0.1) is 0 Å². The molecule has 1 aromatic heterocycles. The summed E-state index contributed by atoms with van der Waals surface area (Å²) in [5.41, 5.74) is 0.586. The van der Waals surface area contributed by atoms with E-state index in [0.29, 0.717) is 17.8 Å². The molecule has 0 atom stereocenters. The predicted octanol–water partition coefficient (Wildman–Crippen LogP) is -0.0207. The molecule has 0 radical (unpaired) electrons. The van der Waals surface area contributed by atoms with E-state index in [2.05, 4.69) is 4.98 Å². The van der Waals surface area contributed by atoms with Gasteiger partial charge in [0.25, 0.3) is 10.1 Å². The molecule has 1 aromatic rings. The highest BCUT2D eigenvalue weighted by molar-refractivity contribution is 7.85. The summed E-state index contributed by atoms with van der Waals surface area (Å²) < 4.78 is 30.7. The predicted molar refractivity (Wildman–Crippen MR) is 44.6 cm³/mol. The van der Waals surface area contributed by atoms with Crippen molar-refractivity contribution < 1.29 is 22.5 Å². The van der Waals surface area contributed by atoms with Gasteiger partial charge >= 0.3 is 0 Å². The number of oxazole rings is 1. The van der Waals surface area contributed by atoms with Gasteiger partial charge in [-0.1, -0.05) is 0 Å². The Kier molecular flexibility index (Phi) is 4.60. The van der Waals surface area contributed by atoms with Crippen LogP contribution in [0.1, 0.15) is 11.6 Å². The zero-order valence-electron chi connectivity index (χ0n) is 7.26. The monoisotopic (exact) mass is 209 g/mol. The van der Waals surface area contributed by atoms with Gasteiger partial charge in [-0.05, 0) is 0 Å². The van der Waals surface area contributed by atoms with Crippen LogP contribution >= 0.6 is 0 Å². The van der Waals surface area contributed by atoms with Crippen molar-refractivity contribution in [3.8, 4) is 0 Å². The molecule has 13 heavy (non-hydrogen) atoms. The lowest BCUT2D eigenvalue weighted by molar-refractivity contribution is 0.276. The second kappa shape index (κ2) is 4.95. The Balaban J connectivity index is 0.000000252. The first-order valence-corrected chi connectivity index (χ1v) is 5.12. The van der Waals surface area contributed by atoms with Gasteiger partial charge in [-0.3, -0.25) is 4.55 Å². The van der Waals surface area contributed by atoms with E-state index in [1.54, 1.807) is 6.92 Å². The Hall–Kier alpha value is -0.920. The molecule has 0 aromatic carbocycles. The number of hydrogen-bond donors (Lipinski definition) is 2. The molecule has 1 heterocycles. The van der Waals surface area contributed by atoms with Gasteiger partial charge in [0.15, 0.2) is 5.89 Å². The van der Waals surface area contributed by atoms with Crippen molar-refractivity contribution in [3.05, 3.63) is 17.8 Å². The Bertz CT molecular complexity index is 334. The Morgan fingerprint density at radius 3 is 2.23 bits per heavy atom. The summed E-state index contributed by atoms with van der Waals surface area (Å²) in [6, 6.07) is 0. The fourth-order valence-electron chi connectivity index (χ4n) is 0.481. The fourth-order valence-corrected chi connectivity index (χ4v) is 0.481. The molecule has 2 N–H and O–H groups in total. The summed E-state index contributed by atoms with van der Waals surface area (Å²) in [6.45, 7) is 1.69. The Morgan fingerprint density at radius 2 is 2.08 bits per heavy atom. The lowest BCUT2D eigenvalue weighted by atomic mass is 10.5. The summed E-state index contributed by atoms with van der Waals surface area (Å²) in [6.07, 6.45) is 2.16. The molecule has 0 amide bonds. The van der Waals surface area contributed by atoms with Crippen LogP contribution in [0.15, 0.2) is 10.7 Å². The zero-order chi connectivity index (χ0) is 10.5. The molecule has 7 heteroatoms. The van der Waals surface area contributed by atoms with Gasteiger partial charge in [0.1, 0.15) is 12.0 Å². The molecular weight excluding hydrogens is 198 g/mol. The van der Waals surface area contributed by atoms with Crippen molar-refractivity contribution >= 4 is 10.1 Å². The summed E-state index contributed by atoms with van der Waals surface area (Å²) in [5, 5.41) is 8.43. The maximum absolute atomic E-state index is 9.19. The van der Waals surface area contributed by atoms with E-state index in [0.717, 1.165) is 0 Å². The van der Waals surface area contributed by atoms with Crippen molar-refractivity contribution in [1.29, 1.82) is 0 Å². The number of aryl methyl sites for hydroxylation is 1. The molecule has 0 spiro atoms. The van der Waals surface area contributed by atoms with Crippen LogP contribution in [0, 0.1) is 6.92 Å². The Labute approximate surface area is 76.0 Å². The maximum Gasteiger partial charge on any atom is 0.261 e. The minimum absolute atomic E-state index is 0.0443. The number of rotatable bonds is 1. The van der Waals surface area contributed by atoms with E-state index in [4.69, 9.17) is 14.1 Å². The third-order valence-electron chi connectivity index (χ3n) is 0.829. The standard InChI is InChI=1S/C5H7NO2.CH4O3S/c1-4-6-5(2-7)3-8-4;1-5(2,3)4/h3,7H,2H2,1H3;1H3,(H,2,3,4). The molecule has 6 nitrogen and oxygen atoms in total. The lowest BCUT2D eigenvalue weighted by Gasteiger charge is -1.76. The van der Waals surface area contributed by atoms with E-state index in [1.165, 1.54) is 6.26 Å². The molecule has 0 aliphatic heterocycles. The van der Waals surface area contributed by atoms with Crippen molar-refractivity contribution in [2.75, 3.05) is 6.26 Å². The molecule has 0 fully saturated rings. The molecule has 0 saturated carbocycles. The largest absolute Gasteiger partial charge is 0.449 e. The van der Waals surface area contributed by atoms with Crippen molar-refractivity contribution in [1.82, 2.24) is 4.98 Å².